The van der Waals surface area contributed by atoms with Crippen LogP contribution in [0.4, 0.5) is 11.4 Å². The van der Waals surface area contributed by atoms with Crippen molar-refractivity contribution in [3.63, 3.8) is 0 Å². The van der Waals surface area contributed by atoms with Crippen LogP contribution < -0.4 is 16.2 Å². The van der Waals surface area contributed by atoms with Crippen molar-refractivity contribution in [2.24, 2.45) is 0 Å². The first-order valence-corrected chi connectivity index (χ1v) is 5.45. The first-order chi connectivity index (χ1) is 8.60. The van der Waals surface area contributed by atoms with Crippen molar-refractivity contribution in [3.05, 3.63) is 53.6 Å². The molecular formula is C14H14N2O2. The molecule has 0 heterocycles. The molecule has 92 valence electrons. The third kappa shape index (κ3) is 2.43. The van der Waals surface area contributed by atoms with Crippen LogP contribution in [0, 0.1) is 0 Å². The molecule has 0 radical (unpaired) electrons. The molecule has 0 amide bonds. The van der Waals surface area contributed by atoms with E-state index in [-0.39, 0.29) is 5.78 Å². The Morgan fingerprint density at radius 3 is 2.00 bits per heavy atom. The van der Waals surface area contributed by atoms with Crippen molar-refractivity contribution < 1.29 is 9.53 Å². The lowest BCUT2D eigenvalue weighted by Crippen LogP contribution is -2.03. The van der Waals surface area contributed by atoms with E-state index in [1.165, 1.54) is 0 Å². The fourth-order valence-corrected chi connectivity index (χ4v) is 1.72. The minimum absolute atomic E-state index is 0.114. The van der Waals surface area contributed by atoms with Gasteiger partial charge in [0.2, 0.25) is 0 Å². The van der Waals surface area contributed by atoms with E-state index < -0.39 is 0 Å². The molecule has 0 unspecified atom stereocenters. The van der Waals surface area contributed by atoms with Gasteiger partial charge in [0.15, 0.2) is 5.78 Å². The van der Waals surface area contributed by atoms with E-state index in [0.717, 1.165) is 0 Å². The van der Waals surface area contributed by atoms with Crippen LogP contribution in [-0.4, -0.2) is 12.9 Å². The van der Waals surface area contributed by atoms with Gasteiger partial charge in [0.05, 0.1) is 7.11 Å². The van der Waals surface area contributed by atoms with Gasteiger partial charge in [0.25, 0.3) is 0 Å². The maximum Gasteiger partial charge on any atom is 0.193 e. The number of rotatable bonds is 3. The van der Waals surface area contributed by atoms with Gasteiger partial charge in [0.1, 0.15) is 5.75 Å². The SMILES string of the molecule is COc1ccc(C(=O)c2cc(N)cc(N)c2)cc1. The van der Waals surface area contributed by atoms with E-state index in [4.69, 9.17) is 16.2 Å². The zero-order valence-electron chi connectivity index (χ0n) is 10.0. The molecule has 2 aromatic carbocycles. The molecule has 0 saturated heterocycles. The van der Waals surface area contributed by atoms with E-state index in [1.807, 2.05) is 0 Å². The molecule has 0 fully saturated rings. The monoisotopic (exact) mass is 242 g/mol. The third-order valence-electron chi connectivity index (χ3n) is 2.59. The van der Waals surface area contributed by atoms with Crippen LogP contribution in [0.2, 0.25) is 0 Å². The van der Waals surface area contributed by atoms with Gasteiger partial charge in [-0.1, -0.05) is 0 Å². The number of carbonyl (C=O) groups excluding carboxylic acids is 1. The molecule has 4 nitrogen and oxygen atoms in total. The summed E-state index contributed by atoms with van der Waals surface area (Å²) >= 11 is 0. The Bertz CT molecular complexity index is 557. The normalized spacial score (nSPS) is 10.1. The van der Waals surface area contributed by atoms with Crippen LogP contribution in [0.25, 0.3) is 0 Å². The minimum atomic E-state index is -0.114. The molecule has 0 bridgehead atoms. The highest BCUT2D eigenvalue weighted by Gasteiger charge is 2.10. The fraction of sp³-hybridized carbons (Fsp3) is 0.0714. The second kappa shape index (κ2) is 4.79. The lowest BCUT2D eigenvalue weighted by molar-refractivity contribution is 0.103. The second-order valence-electron chi connectivity index (χ2n) is 3.95. The first-order valence-electron chi connectivity index (χ1n) is 5.45. The summed E-state index contributed by atoms with van der Waals surface area (Å²) in [6.07, 6.45) is 0. The van der Waals surface area contributed by atoms with Crippen molar-refractivity contribution in [3.8, 4) is 5.75 Å². The number of nitrogen functional groups attached to an aromatic ring is 2. The van der Waals surface area contributed by atoms with Crippen molar-refractivity contribution in [1.29, 1.82) is 0 Å². The van der Waals surface area contributed by atoms with Gasteiger partial charge < -0.3 is 16.2 Å². The lowest BCUT2D eigenvalue weighted by Gasteiger charge is -2.05. The number of hydrogen-bond acceptors (Lipinski definition) is 4. The molecule has 2 aromatic rings. The number of ketones is 1. The Labute approximate surface area is 105 Å². The summed E-state index contributed by atoms with van der Waals surface area (Å²) in [6.45, 7) is 0. The number of benzene rings is 2. The van der Waals surface area contributed by atoms with E-state index in [2.05, 4.69) is 0 Å². The van der Waals surface area contributed by atoms with Gasteiger partial charge in [-0.3, -0.25) is 4.79 Å². The molecule has 0 aromatic heterocycles. The Kier molecular flexibility index (Phi) is 3.19. The van der Waals surface area contributed by atoms with Crippen LogP contribution in [-0.2, 0) is 0 Å². The molecule has 0 saturated carbocycles. The van der Waals surface area contributed by atoms with Gasteiger partial charge in [-0.2, -0.15) is 0 Å². The second-order valence-corrected chi connectivity index (χ2v) is 3.95. The molecule has 0 spiro atoms. The quantitative estimate of drug-likeness (QED) is 0.638. The van der Waals surface area contributed by atoms with Gasteiger partial charge in [-0.25, -0.2) is 0 Å². The van der Waals surface area contributed by atoms with Crippen LogP contribution in [0.15, 0.2) is 42.5 Å². The van der Waals surface area contributed by atoms with E-state index in [0.29, 0.717) is 28.3 Å². The summed E-state index contributed by atoms with van der Waals surface area (Å²) in [6, 6.07) is 11.7. The number of carbonyl (C=O) groups is 1. The average molecular weight is 242 g/mol. The van der Waals surface area contributed by atoms with Crippen LogP contribution in [0.5, 0.6) is 5.75 Å². The van der Waals surface area contributed by atoms with Crippen molar-refractivity contribution >= 4 is 17.2 Å². The third-order valence-corrected chi connectivity index (χ3v) is 2.59. The Hall–Kier alpha value is -2.49. The summed E-state index contributed by atoms with van der Waals surface area (Å²) in [5, 5.41) is 0. The summed E-state index contributed by atoms with van der Waals surface area (Å²) in [5.41, 5.74) is 13.3. The maximum absolute atomic E-state index is 12.2. The molecule has 18 heavy (non-hydrogen) atoms. The van der Waals surface area contributed by atoms with E-state index in [9.17, 15) is 4.79 Å². The average Bonchev–Trinajstić information content (AvgIpc) is 2.37. The molecule has 4 heteroatoms. The van der Waals surface area contributed by atoms with E-state index in [1.54, 1.807) is 49.6 Å². The number of hydrogen-bond donors (Lipinski definition) is 2. The smallest absolute Gasteiger partial charge is 0.193 e. The van der Waals surface area contributed by atoms with Crippen molar-refractivity contribution in [2.45, 2.75) is 0 Å². The largest absolute Gasteiger partial charge is 0.497 e. The Morgan fingerprint density at radius 1 is 0.944 bits per heavy atom. The molecule has 0 aliphatic carbocycles. The number of nitrogens with two attached hydrogens (primary N) is 2. The van der Waals surface area contributed by atoms with Crippen LogP contribution in [0.3, 0.4) is 0 Å². The van der Waals surface area contributed by atoms with Crippen molar-refractivity contribution in [2.75, 3.05) is 18.6 Å². The van der Waals surface area contributed by atoms with Gasteiger partial charge in [-0.05, 0) is 42.5 Å². The summed E-state index contributed by atoms with van der Waals surface area (Å²) < 4.78 is 5.04. The first kappa shape index (κ1) is 12.0. The molecular weight excluding hydrogens is 228 g/mol. The van der Waals surface area contributed by atoms with Crippen LogP contribution in [0.1, 0.15) is 15.9 Å². The molecule has 4 N–H and O–H groups in total. The molecule has 2 rings (SSSR count). The Balaban J connectivity index is 2.34. The van der Waals surface area contributed by atoms with E-state index >= 15 is 0 Å². The minimum Gasteiger partial charge on any atom is -0.497 e. The molecule has 0 atom stereocenters. The topological polar surface area (TPSA) is 78.3 Å². The zero-order valence-corrected chi connectivity index (χ0v) is 10.0. The molecule has 0 aliphatic rings. The molecule has 0 aliphatic heterocycles. The van der Waals surface area contributed by atoms with Gasteiger partial charge in [-0.15, -0.1) is 0 Å². The van der Waals surface area contributed by atoms with Gasteiger partial charge in [0, 0.05) is 22.5 Å². The highest BCUT2D eigenvalue weighted by molar-refractivity contribution is 6.09. The summed E-state index contributed by atoms with van der Waals surface area (Å²) in [7, 11) is 1.58. The number of methoxy groups -OCH3 is 1. The predicted molar refractivity (Wildman–Crippen MR) is 71.7 cm³/mol. The lowest BCUT2D eigenvalue weighted by atomic mass is 10.0. The number of ether oxygens (including phenoxy) is 1. The zero-order chi connectivity index (χ0) is 13.1. The number of anilines is 2. The maximum atomic E-state index is 12.2. The highest BCUT2D eigenvalue weighted by Crippen LogP contribution is 2.19. The van der Waals surface area contributed by atoms with Gasteiger partial charge >= 0.3 is 0 Å². The Morgan fingerprint density at radius 2 is 1.50 bits per heavy atom. The fourth-order valence-electron chi connectivity index (χ4n) is 1.72. The summed E-state index contributed by atoms with van der Waals surface area (Å²) in [4.78, 5) is 12.2. The summed E-state index contributed by atoms with van der Waals surface area (Å²) in [5.74, 6) is 0.593. The highest BCUT2D eigenvalue weighted by atomic mass is 16.5. The standard InChI is InChI=1S/C14H14N2O2/c1-18-13-4-2-9(3-5-13)14(17)10-6-11(15)8-12(16)7-10/h2-8H,15-16H2,1H3. The predicted octanol–water partition coefficient (Wildman–Crippen LogP) is 2.09. The van der Waals surface area contributed by atoms with Crippen LogP contribution >= 0.6 is 0 Å². The van der Waals surface area contributed by atoms with Crippen molar-refractivity contribution in [1.82, 2.24) is 0 Å².